The van der Waals surface area contributed by atoms with Crippen molar-refractivity contribution in [2.24, 2.45) is 0 Å². The summed E-state index contributed by atoms with van der Waals surface area (Å²) in [5.41, 5.74) is 3.09. The van der Waals surface area contributed by atoms with Gasteiger partial charge in [-0.1, -0.05) is 6.07 Å². The van der Waals surface area contributed by atoms with Crippen LogP contribution < -0.4 is 18.9 Å². The fourth-order valence-electron chi connectivity index (χ4n) is 4.84. The van der Waals surface area contributed by atoms with Crippen LogP contribution in [0.25, 0.3) is 0 Å². The van der Waals surface area contributed by atoms with Crippen LogP contribution in [0.5, 0.6) is 23.0 Å². The number of rotatable bonds is 6. The SMILES string of the molecule is COc1ccc(C[C@]23CCC(=O)N2CCc2cc(OC)c(OC)cc23)cc1OC. The van der Waals surface area contributed by atoms with Crippen molar-refractivity contribution in [1.82, 2.24) is 4.90 Å². The van der Waals surface area contributed by atoms with E-state index in [9.17, 15) is 4.79 Å². The summed E-state index contributed by atoms with van der Waals surface area (Å²) >= 11 is 0. The van der Waals surface area contributed by atoms with Crippen LogP contribution in [0.3, 0.4) is 0 Å². The number of hydrogen-bond donors (Lipinski definition) is 0. The Morgan fingerprint density at radius 2 is 1.52 bits per heavy atom. The average Bonchev–Trinajstić information content (AvgIpc) is 3.08. The number of carbonyl (C=O) groups is 1. The fourth-order valence-corrected chi connectivity index (χ4v) is 4.84. The molecule has 0 aromatic heterocycles. The molecule has 1 amide bonds. The van der Waals surface area contributed by atoms with Gasteiger partial charge >= 0.3 is 0 Å². The first kappa shape index (κ1) is 19.4. The van der Waals surface area contributed by atoms with Gasteiger partial charge in [-0.05, 0) is 53.8 Å². The number of methoxy groups -OCH3 is 4. The van der Waals surface area contributed by atoms with E-state index in [4.69, 9.17) is 18.9 Å². The van der Waals surface area contributed by atoms with E-state index >= 15 is 0 Å². The lowest BCUT2D eigenvalue weighted by Crippen LogP contribution is -2.49. The third kappa shape index (κ3) is 3.07. The molecule has 154 valence electrons. The molecule has 2 aliphatic heterocycles. The number of hydrogen-bond acceptors (Lipinski definition) is 5. The predicted molar refractivity (Wildman–Crippen MR) is 109 cm³/mol. The largest absolute Gasteiger partial charge is 0.493 e. The summed E-state index contributed by atoms with van der Waals surface area (Å²) in [4.78, 5) is 14.8. The molecule has 1 fully saturated rings. The third-order valence-corrected chi connectivity index (χ3v) is 6.23. The predicted octanol–water partition coefficient (Wildman–Crippen LogP) is 3.34. The van der Waals surface area contributed by atoms with Crippen molar-refractivity contribution in [3.8, 4) is 23.0 Å². The first-order valence-electron chi connectivity index (χ1n) is 9.83. The lowest BCUT2D eigenvalue weighted by Gasteiger charge is -2.44. The minimum atomic E-state index is -0.385. The van der Waals surface area contributed by atoms with Crippen molar-refractivity contribution in [1.29, 1.82) is 0 Å². The molecule has 0 saturated carbocycles. The summed E-state index contributed by atoms with van der Waals surface area (Å²) < 4.78 is 21.9. The molecular weight excluding hydrogens is 370 g/mol. The third-order valence-electron chi connectivity index (χ3n) is 6.23. The van der Waals surface area contributed by atoms with E-state index in [0.717, 1.165) is 29.7 Å². The van der Waals surface area contributed by atoms with Crippen molar-refractivity contribution >= 4 is 5.91 Å². The maximum absolute atomic E-state index is 12.7. The second-order valence-electron chi connectivity index (χ2n) is 7.56. The highest BCUT2D eigenvalue weighted by Gasteiger charge is 2.49. The summed E-state index contributed by atoms with van der Waals surface area (Å²) in [5, 5.41) is 0. The zero-order valence-electron chi connectivity index (χ0n) is 17.4. The van der Waals surface area contributed by atoms with E-state index in [1.165, 1.54) is 5.56 Å². The van der Waals surface area contributed by atoms with Crippen molar-refractivity contribution in [2.75, 3.05) is 35.0 Å². The van der Waals surface area contributed by atoms with Crippen LogP contribution in [0, 0.1) is 0 Å². The number of ether oxygens (including phenoxy) is 4. The molecule has 0 radical (unpaired) electrons. The zero-order valence-corrected chi connectivity index (χ0v) is 17.4. The molecule has 6 nitrogen and oxygen atoms in total. The number of benzene rings is 2. The topological polar surface area (TPSA) is 57.2 Å². The molecular formula is C23H27NO5. The Balaban J connectivity index is 1.83. The molecule has 6 heteroatoms. The number of amides is 1. The maximum Gasteiger partial charge on any atom is 0.223 e. The van der Waals surface area contributed by atoms with Gasteiger partial charge in [0.2, 0.25) is 5.91 Å². The van der Waals surface area contributed by atoms with E-state index in [1.54, 1.807) is 28.4 Å². The monoisotopic (exact) mass is 397 g/mol. The Morgan fingerprint density at radius 1 is 0.862 bits per heavy atom. The van der Waals surface area contributed by atoms with E-state index in [1.807, 2.05) is 18.2 Å². The molecule has 0 N–H and O–H groups in total. The second kappa shape index (κ2) is 7.50. The zero-order chi connectivity index (χ0) is 20.6. The van der Waals surface area contributed by atoms with Gasteiger partial charge in [0.25, 0.3) is 0 Å². The molecule has 0 unspecified atom stereocenters. The Morgan fingerprint density at radius 3 is 2.21 bits per heavy atom. The molecule has 0 aliphatic carbocycles. The number of fused-ring (bicyclic) bond motifs is 3. The highest BCUT2D eigenvalue weighted by Crippen LogP contribution is 2.49. The van der Waals surface area contributed by atoms with Crippen molar-refractivity contribution < 1.29 is 23.7 Å². The lowest BCUT2D eigenvalue weighted by atomic mass is 9.76. The van der Waals surface area contributed by atoms with Crippen molar-refractivity contribution in [3.05, 3.63) is 47.0 Å². The highest BCUT2D eigenvalue weighted by molar-refractivity contribution is 5.81. The van der Waals surface area contributed by atoms with Gasteiger partial charge < -0.3 is 23.8 Å². The molecule has 2 aromatic carbocycles. The number of carbonyl (C=O) groups excluding carboxylic acids is 1. The summed E-state index contributed by atoms with van der Waals surface area (Å²) in [6.07, 6.45) is 2.86. The van der Waals surface area contributed by atoms with Gasteiger partial charge in [0.05, 0.1) is 34.0 Å². The summed E-state index contributed by atoms with van der Waals surface area (Å²) in [6.45, 7) is 0.717. The Labute approximate surface area is 171 Å². The molecule has 0 spiro atoms. The van der Waals surface area contributed by atoms with Crippen molar-refractivity contribution in [2.45, 2.75) is 31.2 Å². The molecule has 0 bridgehead atoms. The van der Waals surface area contributed by atoms with Gasteiger partial charge in [0.1, 0.15) is 0 Å². The summed E-state index contributed by atoms with van der Waals surface area (Å²) in [6, 6.07) is 10.1. The van der Waals surface area contributed by atoms with Crippen LogP contribution in [0.1, 0.15) is 29.5 Å². The number of nitrogens with zero attached hydrogens (tertiary/aromatic N) is 1. The second-order valence-corrected chi connectivity index (χ2v) is 7.56. The smallest absolute Gasteiger partial charge is 0.223 e. The molecule has 2 heterocycles. The standard InChI is InChI=1S/C23H27NO5/c1-26-18-6-5-15(11-19(18)27-2)14-23-9-7-22(25)24(23)10-8-16-12-20(28-3)21(29-4)13-17(16)23/h5-6,11-13H,7-10,14H2,1-4H3/t23-/m0/s1. The fraction of sp³-hybridized carbons (Fsp3) is 0.435. The first-order valence-corrected chi connectivity index (χ1v) is 9.83. The Kier molecular flexibility index (Phi) is 5.03. The average molecular weight is 397 g/mol. The Hall–Kier alpha value is -2.89. The molecule has 2 aliphatic rings. The molecule has 1 atom stereocenters. The van der Waals surface area contributed by atoms with Crippen LogP contribution in [0.2, 0.25) is 0 Å². The van der Waals surface area contributed by atoms with E-state index < -0.39 is 0 Å². The van der Waals surface area contributed by atoms with Crippen LogP contribution in [0.4, 0.5) is 0 Å². The van der Waals surface area contributed by atoms with Gasteiger partial charge in [-0.3, -0.25) is 4.79 Å². The van der Waals surface area contributed by atoms with Gasteiger partial charge in [-0.25, -0.2) is 0 Å². The molecule has 4 rings (SSSR count). The quantitative estimate of drug-likeness (QED) is 0.748. The first-order chi connectivity index (χ1) is 14.1. The van der Waals surface area contributed by atoms with Crippen LogP contribution in [-0.2, 0) is 23.2 Å². The summed E-state index contributed by atoms with van der Waals surface area (Å²) in [5.74, 6) is 3.03. The minimum Gasteiger partial charge on any atom is -0.493 e. The summed E-state index contributed by atoms with van der Waals surface area (Å²) in [7, 11) is 6.56. The Bertz CT molecular complexity index is 941. The molecule has 1 saturated heterocycles. The van der Waals surface area contributed by atoms with Gasteiger partial charge in [-0.2, -0.15) is 0 Å². The molecule has 2 aromatic rings. The highest BCUT2D eigenvalue weighted by atomic mass is 16.5. The van der Waals surface area contributed by atoms with E-state index in [-0.39, 0.29) is 11.4 Å². The van der Waals surface area contributed by atoms with Gasteiger partial charge in [0, 0.05) is 19.4 Å². The molecule has 29 heavy (non-hydrogen) atoms. The normalized spacial score (nSPS) is 20.1. The van der Waals surface area contributed by atoms with E-state index in [0.29, 0.717) is 36.6 Å². The van der Waals surface area contributed by atoms with Crippen LogP contribution >= 0.6 is 0 Å². The maximum atomic E-state index is 12.7. The van der Waals surface area contributed by atoms with Gasteiger partial charge in [0.15, 0.2) is 23.0 Å². The van der Waals surface area contributed by atoms with Crippen LogP contribution in [-0.4, -0.2) is 45.8 Å². The lowest BCUT2D eigenvalue weighted by molar-refractivity contribution is -0.132. The van der Waals surface area contributed by atoms with E-state index in [2.05, 4.69) is 17.0 Å². The van der Waals surface area contributed by atoms with Crippen LogP contribution in [0.15, 0.2) is 30.3 Å². The van der Waals surface area contributed by atoms with Gasteiger partial charge in [-0.15, -0.1) is 0 Å². The van der Waals surface area contributed by atoms with Crippen molar-refractivity contribution in [3.63, 3.8) is 0 Å². The minimum absolute atomic E-state index is 0.214.